The largest absolute Gasteiger partial charge is 0.468 e. The SMILES string of the molecule is COCOc1cc(-c2c(N(C)C)cc3c(N4C[C@H]5CC[C@@H](C4)N5C(=O)O)nc(OC[C@@]45CCCN4C[C@H](F)C5)nc3c2F)c2ccccc2c1. The van der Waals surface area contributed by atoms with Gasteiger partial charge in [0, 0.05) is 63.9 Å². The molecule has 4 atom stereocenters. The van der Waals surface area contributed by atoms with Crippen LogP contribution in [0.3, 0.4) is 0 Å². The van der Waals surface area contributed by atoms with E-state index in [1.165, 1.54) is 0 Å². The molecule has 2 bridgehead atoms. The second-order valence-electron chi connectivity index (χ2n) is 14.3. The number of hydrogen-bond donors (Lipinski definition) is 1. The summed E-state index contributed by atoms with van der Waals surface area (Å²) in [5, 5.41) is 12.2. The third-order valence-corrected chi connectivity index (χ3v) is 11.0. The normalized spacial score (nSPS) is 24.7. The minimum Gasteiger partial charge on any atom is -0.468 e. The maximum absolute atomic E-state index is 17.6. The molecule has 0 saturated carbocycles. The minimum atomic E-state index is -0.925. The van der Waals surface area contributed by atoms with Crippen molar-refractivity contribution in [3.05, 3.63) is 48.3 Å². The van der Waals surface area contributed by atoms with Gasteiger partial charge in [0.25, 0.3) is 0 Å². The predicted molar refractivity (Wildman–Crippen MR) is 187 cm³/mol. The highest BCUT2D eigenvalue weighted by atomic mass is 19.1. The molecule has 0 radical (unpaired) electrons. The summed E-state index contributed by atoms with van der Waals surface area (Å²) in [6.07, 6.45) is 1.81. The number of hydrogen-bond acceptors (Lipinski definition) is 9. The Balaban J connectivity index is 1.30. The molecular weight excluding hydrogens is 646 g/mol. The average Bonchev–Trinajstić information content (AvgIpc) is 3.72. The summed E-state index contributed by atoms with van der Waals surface area (Å²) in [6, 6.07) is 13.0. The highest BCUT2D eigenvalue weighted by Gasteiger charge is 2.49. The van der Waals surface area contributed by atoms with E-state index in [4.69, 9.17) is 24.2 Å². The van der Waals surface area contributed by atoms with Crippen LogP contribution in [0.15, 0.2) is 42.5 Å². The molecule has 0 spiro atoms. The van der Waals surface area contributed by atoms with Gasteiger partial charge in [0.05, 0.1) is 17.6 Å². The van der Waals surface area contributed by atoms with Gasteiger partial charge in [-0.1, -0.05) is 24.3 Å². The lowest BCUT2D eigenvalue weighted by molar-refractivity contribution is 0.0512. The quantitative estimate of drug-likeness (QED) is 0.213. The number of carbonyl (C=O) groups is 1. The molecule has 264 valence electrons. The van der Waals surface area contributed by atoms with Gasteiger partial charge in [0.1, 0.15) is 29.9 Å². The second kappa shape index (κ2) is 12.7. The number of nitrogens with zero attached hydrogens (tertiary/aromatic N) is 6. The third-order valence-electron chi connectivity index (χ3n) is 11.0. The average molecular weight is 689 g/mol. The zero-order valence-electron chi connectivity index (χ0n) is 28.6. The molecule has 13 heteroatoms. The lowest BCUT2D eigenvalue weighted by Gasteiger charge is -2.40. The van der Waals surface area contributed by atoms with Gasteiger partial charge in [0.2, 0.25) is 0 Å². The number of aromatic nitrogens is 2. The molecule has 4 aliphatic rings. The van der Waals surface area contributed by atoms with Crippen LogP contribution in [-0.4, -0.2) is 116 Å². The number of carboxylic acid groups (broad SMARTS) is 1. The van der Waals surface area contributed by atoms with Crippen molar-refractivity contribution < 1.29 is 32.9 Å². The fraction of sp³-hybridized carbons (Fsp3) is 0.486. The Hall–Kier alpha value is -4.49. The fourth-order valence-electron chi connectivity index (χ4n) is 8.83. The van der Waals surface area contributed by atoms with Crippen molar-refractivity contribution in [1.82, 2.24) is 19.8 Å². The van der Waals surface area contributed by atoms with Gasteiger partial charge in [0.15, 0.2) is 12.6 Å². The molecule has 1 amide bonds. The van der Waals surface area contributed by atoms with E-state index in [0.29, 0.717) is 59.8 Å². The lowest BCUT2D eigenvalue weighted by atomic mass is 9.94. The monoisotopic (exact) mass is 688 g/mol. The van der Waals surface area contributed by atoms with Crippen molar-refractivity contribution in [3.63, 3.8) is 0 Å². The van der Waals surface area contributed by atoms with Crippen LogP contribution in [0.4, 0.5) is 25.1 Å². The van der Waals surface area contributed by atoms with Crippen molar-refractivity contribution in [1.29, 1.82) is 0 Å². The van der Waals surface area contributed by atoms with Gasteiger partial charge in [-0.2, -0.15) is 9.97 Å². The van der Waals surface area contributed by atoms with E-state index in [0.717, 1.165) is 43.0 Å². The smallest absolute Gasteiger partial charge is 0.407 e. The van der Waals surface area contributed by atoms with Crippen molar-refractivity contribution in [3.8, 4) is 22.9 Å². The number of anilines is 2. The molecule has 50 heavy (non-hydrogen) atoms. The van der Waals surface area contributed by atoms with Crippen LogP contribution in [0.2, 0.25) is 0 Å². The van der Waals surface area contributed by atoms with Gasteiger partial charge in [-0.15, -0.1) is 0 Å². The molecule has 1 aromatic heterocycles. The van der Waals surface area contributed by atoms with Crippen LogP contribution < -0.4 is 19.3 Å². The molecule has 4 fully saturated rings. The number of ether oxygens (including phenoxy) is 3. The Bertz CT molecular complexity index is 1950. The maximum atomic E-state index is 17.6. The molecule has 4 saturated heterocycles. The summed E-state index contributed by atoms with van der Waals surface area (Å²) in [5.74, 6) is 0.497. The Labute approximate surface area is 289 Å². The van der Waals surface area contributed by atoms with E-state index in [-0.39, 0.29) is 37.0 Å². The van der Waals surface area contributed by atoms with Crippen LogP contribution in [0, 0.1) is 5.82 Å². The zero-order valence-corrected chi connectivity index (χ0v) is 28.6. The van der Waals surface area contributed by atoms with Gasteiger partial charge in [-0.05, 0) is 66.8 Å². The Kier molecular flexibility index (Phi) is 8.29. The molecule has 1 N–H and O–H groups in total. The lowest BCUT2D eigenvalue weighted by Crippen LogP contribution is -2.55. The molecule has 11 nitrogen and oxygen atoms in total. The predicted octanol–water partition coefficient (Wildman–Crippen LogP) is 5.92. The van der Waals surface area contributed by atoms with E-state index >= 15 is 4.39 Å². The molecule has 4 aliphatic heterocycles. The standard InChI is InChI=1S/C37H42F2N6O5/c1-42(2)30-15-29-33(32(39)31(30)28-14-26(50-21-48-3)13-22-7-4-5-8-27(22)28)40-35(49-20-37-11-6-12-44(37)17-23(38)16-37)41-34(29)43-18-24-9-10-25(19-43)45(24)36(46)47/h4-5,7-8,13-15,23-25H,6,9-12,16-21H2,1-3H3,(H,46,47)/t23-,24-,25+,37+/m1/s1. The highest BCUT2D eigenvalue weighted by molar-refractivity contribution is 6.05. The Morgan fingerprint density at radius 1 is 1.06 bits per heavy atom. The van der Waals surface area contributed by atoms with Crippen LogP contribution >= 0.6 is 0 Å². The van der Waals surface area contributed by atoms with Crippen molar-refractivity contribution in [2.45, 2.75) is 55.9 Å². The first-order chi connectivity index (χ1) is 24.2. The number of amides is 1. The number of methoxy groups -OCH3 is 1. The highest BCUT2D eigenvalue weighted by Crippen LogP contribution is 2.45. The number of alkyl halides is 1. The zero-order chi connectivity index (χ0) is 34.7. The van der Waals surface area contributed by atoms with E-state index in [1.54, 1.807) is 12.0 Å². The Morgan fingerprint density at radius 3 is 2.58 bits per heavy atom. The first-order valence-corrected chi connectivity index (χ1v) is 17.3. The fourth-order valence-corrected chi connectivity index (χ4v) is 8.83. The number of fused-ring (bicyclic) bond motifs is 5. The van der Waals surface area contributed by atoms with Crippen LogP contribution in [-0.2, 0) is 4.74 Å². The van der Waals surface area contributed by atoms with Crippen LogP contribution in [0.25, 0.3) is 32.8 Å². The van der Waals surface area contributed by atoms with Crippen molar-refractivity contribution >= 4 is 39.3 Å². The van der Waals surface area contributed by atoms with E-state index in [1.807, 2.05) is 61.5 Å². The van der Waals surface area contributed by atoms with Gasteiger partial charge < -0.3 is 29.1 Å². The van der Waals surface area contributed by atoms with Crippen LogP contribution in [0.1, 0.15) is 32.1 Å². The first kappa shape index (κ1) is 32.7. The summed E-state index contributed by atoms with van der Waals surface area (Å²) in [4.78, 5) is 29.4. The molecule has 0 aliphatic carbocycles. The summed E-state index contributed by atoms with van der Waals surface area (Å²) < 4.78 is 49.5. The van der Waals surface area contributed by atoms with Gasteiger partial charge >= 0.3 is 12.1 Å². The molecule has 3 aromatic carbocycles. The van der Waals surface area contributed by atoms with Gasteiger partial charge in [-0.25, -0.2) is 13.6 Å². The molecular formula is C37H42F2N6O5. The summed E-state index contributed by atoms with van der Waals surface area (Å²) in [5.41, 5.74) is 1.26. The summed E-state index contributed by atoms with van der Waals surface area (Å²) in [6.45, 7) is 2.27. The number of rotatable bonds is 9. The summed E-state index contributed by atoms with van der Waals surface area (Å²) in [7, 11) is 5.28. The van der Waals surface area contributed by atoms with Crippen molar-refractivity contribution in [2.75, 3.05) is 70.6 Å². The van der Waals surface area contributed by atoms with E-state index in [2.05, 4.69) is 9.80 Å². The molecule has 5 heterocycles. The molecule has 8 rings (SSSR count). The van der Waals surface area contributed by atoms with E-state index in [9.17, 15) is 14.3 Å². The first-order valence-electron chi connectivity index (χ1n) is 17.3. The van der Waals surface area contributed by atoms with E-state index < -0.39 is 23.6 Å². The number of benzene rings is 3. The second-order valence-corrected chi connectivity index (χ2v) is 14.3. The number of piperazine rings is 1. The topological polar surface area (TPSA) is 104 Å². The molecule has 0 unspecified atom stereocenters. The Morgan fingerprint density at radius 2 is 1.84 bits per heavy atom. The van der Waals surface area contributed by atoms with Crippen molar-refractivity contribution in [2.24, 2.45) is 0 Å². The minimum absolute atomic E-state index is 0.0218. The third kappa shape index (κ3) is 5.51. The molecule has 4 aromatic rings. The number of halogens is 2. The van der Waals surface area contributed by atoms with Crippen LogP contribution in [0.5, 0.6) is 11.8 Å². The summed E-state index contributed by atoms with van der Waals surface area (Å²) >= 11 is 0. The van der Waals surface area contributed by atoms with Gasteiger partial charge in [-0.3, -0.25) is 9.80 Å². The maximum Gasteiger partial charge on any atom is 0.407 e.